The highest BCUT2D eigenvalue weighted by Gasteiger charge is 2.23. The average Bonchev–Trinajstić information content (AvgIpc) is 2.62. The minimum Gasteiger partial charge on any atom is -0.469 e. The molecule has 0 aliphatic carbocycles. The number of hydrogen-bond acceptors (Lipinski definition) is 5. The number of benzene rings is 1. The van der Waals surface area contributed by atoms with Crippen LogP contribution in [0.1, 0.15) is 49.9 Å². The molecule has 1 amide bonds. The Labute approximate surface area is 148 Å². The normalized spacial score (nSPS) is 11.6. The van der Waals surface area contributed by atoms with Gasteiger partial charge in [-0.3, -0.25) is 19.7 Å². The molecule has 0 spiro atoms. The molecule has 25 heavy (non-hydrogen) atoms. The van der Waals surface area contributed by atoms with Gasteiger partial charge in [0, 0.05) is 30.8 Å². The fraction of sp³-hybridized carbons (Fsp3) is 0.556. The Morgan fingerprint density at radius 2 is 2.00 bits per heavy atom. The highest BCUT2D eigenvalue weighted by atomic mass is 16.6. The van der Waals surface area contributed by atoms with Gasteiger partial charge < -0.3 is 9.64 Å². The molecule has 0 saturated heterocycles. The smallest absolute Gasteiger partial charge is 0.310 e. The number of carbonyl (C=O) groups is 2. The van der Waals surface area contributed by atoms with Gasteiger partial charge in [0.2, 0.25) is 0 Å². The van der Waals surface area contributed by atoms with Crippen LogP contribution in [-0.4, -0.2) is 41.9 Å². The van der Waals surface area contributed by atoms with Gasteiger partial charge >= 0.3 is 5.97 Å². The Morgan fingerprint density at radius 1 is 1.28 bits per heavy atom. The van der Waals surface area contributed by atoms with E-state index in [1.165, 1.54) is 25.3 Å². The van der Waals surface area contributed by atoms with E-state index in [1.54, 1.807) is 17.9 Å². The third-order valence-electron chi connectivity index (χ3n) is 3.97. The van der Waals surface area contributed by atoms with Crippen molar-refractivity contribution in [3.8, 4) is 0 Å². The van der Waals surface area contributed by atoms with Crippen molar-refractivity contribution in [2.75, 3.05) is 20.2 Å². The van der Waals surface area contributed by atoms with Crippen LogP contribution in [0.2, 0.25) is 0 Å². The minimum atomic E-state index is -0.528. The summed E-state index contributed by atoms with van der Waals surface area (Å²) in [6, 6.07) is 5.66. The molecule has 0 bridgehead atoms. The molecule has 0 N–H and O–H groups in total. The first-order chi connectivity index (χ1) is 11.9. The summed E-state index contributed by atoms with van der Waals surface area (Å²) in [7, 11) is 1.31. The van der Waals surface area contributed by atoms with Crippen LogP contribution in [0.15, 0.2) is 24.3 Å². The van der Waals surface area contributed by atoms with Crippen LogP contribution in [0.25, 0.3) is 0 Å². The first-order valence-electron chi connectivity index (χ1n) is 8.52. The van der Waals surface area contributed by atoms with Gasteiger partial charge in [-0.2, -0.15) is 0 Å². The fourth-order valence-electron chi connectivity index (χ4n) is 2.55. The molecule has 1 rings (SSSR count). The molecule has 0 aromatic heterocycles. The summed E-state index contributed by atoms with van der Waals surface area (Å²) < 4.78 is 4.73. The largest absolute Gasteiger partial charge is 0.469 e. The lowest BCUT2D eigenvalue weighted by atomic mass is 10.1. The van der Waals surface area contributed by atoms with E-state index in [9.17, 15) is 19.7 Å². The first-order valence-corrected chi connectivity index (χ1v) is 8.52. The van der Waals surface area contributed by atoms with E-state index in [0.717, 1.165) is 25.7 Å². The minimum absolute atomic E-state index is 0.127. The molecule has 1 unspecified atom stereocenters. The fourth-order valence-corrected chi connectivity index (χ4v) is 2.55. The topological polar surface area (TPSA) is 89.8 Å². The second kappa shape index (κ2) is 10.4. The zero-order chi connectivity index (χ0) is 18.8. The molecule has 1 atom stereocenters. The second-order valence-corrected chi connectivity index (χ2v) is 6.04. The zero-order valence-corrected chi connectivity index (χ0v) is 15.1. The number of unbranched alkanes of at least 4 members (excludes halogenated alkanes) is 3. The number of methoxy groups -OCH3 is 1. The number of carbonyl (C=O) groups excluding carboxylic acids is 2. The van der Waals surface area contributed by atoms with Crippen LogP contribution in [0.5, 0.6) is 0 Å². The number of amides is 1. The maximum Gasteiger partial charge on any atom is 0.310 e. The summed E-state index contributed by atoms with van der Waals surface area (Å²) in [5.74, 6) is -1.15. The van der Waals surface area contributed by atoms with Crippen LogP contribution >= 0.6 is 0 Å². The van der Waals surface area contributed by atoms with Crippen molar-refractivity contribution in [1.29, 1.82) is 0 Å². The number of nitro benzene ring substituents is 1. The molecule has 0 fully saturated rings. The Kier molecular flexibility index (Phi) is 8.60. The Balaban J connectivity index is 2.91. The lowest BCUT2D eigenvalue weighted by Gasteiger charge is -2.25. The molecule has 0 aliphatic heterocycles. The van der Waals surface area contributed by atoms with Crippen molar-refractivity contribution in [2.24, 2.45) is 5.92 Å². The van der Waals surface area contributed by atoms with Gasteiger partial charge in [0.05, 0.1) is 18.0 Å². The molecule has 0 saturated carbocycles. The highest BCUT2D eigenvalue weighted by Crippen LogP contribution is 2.16. The van der Waals surface area contributed by atoms with E-state index in [1.807, 2.05) is 0 Å². The molecule has 0 radical (unpaired) electrons. The molecule has 138 valence electrons. The lowest BCUT2D eigenvalue weighted by Crippen LogP contribution is -2.38. The van der Waals surface area contributed by atoms with E-state index in [4.69, 9.17) is 4.74 Å². The quantitative estimate of drug-likeness (QED) is 0.279. The van der Waals surface area contributed by atoms with Crippen LogP contribution in [-0.2, 0) is 9.53 Å². The lowest BCUT2D eigenvalue weighted by molar-refractivity contribution is -0.384. The van der Waals surface area contributed by atoms with E-state index >= 15 is 0 Å². The van der Waals surface area contributed by atoms with Crippen molar-refractivity contribution in [2.45, 2.75) is 39.5 Å². The second-order valence-electron chi connectivity index (χ2n) is 6.04. The Hall–Kier alpha value is -2.44. The number of nitrogens with zero attached hydrogens (tertiary/aromatic N) is 2. The number of hydrogen-bond donors (Lipinski definition) is 0. The van der Waals surface area contributed by atoms with Gasteiger partial charge in [-0.25, -0.2) is 0 Å². The summed E-state index contributed by atoms with van der Waals surface area (Å²) in [5, 5.41) is 10.9. The van der Waals surface area contributed by atoms with Crippen LogP contribution in [0.4, 0.5) is 5.69 Å². The molecule has 1 aromatic carbocycles. The summed E-state index contributed by atoms with van der Waals surface area (Å²) in [6.07, 6.45) is 3.97. The monoisotopic (exact) mass is 350 g/mol. The van der Waals surface area contributed by atoms with Crippen LogP contribution < -0.4 is 0 Å². The van der Waals surface area contributed by atoms with Crippen molar-refractivity contribution < 1.29 is 19.2 Å². The van der Waals surface area contributed by atoms with Gasteiger partial charge in [-0.1, -0.05) is 39.2 Å². The Morgan fingerprint density at radius 3 is 2.60 bits per heavy atom. The summed E-state index contributed by atoms with van der Waals surface area (Å²) in [5.41, 5.74) is 0.125. The third kappa shape index (κ3) is 6.52. The number of rotatable bonds is 10. The molecule has 1 aromatic rings. The van der Waals surface area contributed by atoms with E-state index in [2.05, 4.69) is 6.92 Å². The summed E-state index contributed by atoms with van der Waals surface area (Å²) in [6.45, 7) is 4.53. The van der Waals surface area contributed by atoms with Crippen molar-refractivity contribution in [1.82, 2.24) is 4.90 Å². The van der Waals surface area contributed by atoms with Gasteiger partial charge in [0.1, 0.15) is 0 Å². The number of ether oxygens (including phenoxy) is 1. The zero-order valence-electron chi connectivity index (χ0n) is 15.1. The molecule has 0 aliphatic rings. The maximum atomic E-state index is 12.8. The highest BCUT2D eigenvalue weighted by molar-refractivity contribution is 5.95. The van der Waals surface area contributed by atoms with Gasteiger partial charge in [0.25, 0.3) is 11.6 Å². The average molecular weight is 350 g/mol. The molecule has 7 nitrogen and oxygen atoms in total. The number of non-ortho nitro benzene ring substituents is 1. The van der Waals surface area contributed by atoms with E-state index < -0.39 is 10.8 Å². The van der Waals surface area contributed by atoms with Gasteiger partial charge in [-0.05, 0) is 12.5 Å². The number of esters is 1. The molecular formula is C18H26N2O5. The third-order valence-corrected chi connectivity index (χ3v) is 3.97. The molecule has 0 heterocycles. The van der Waals surface area contributed by atoms with Crippen LogP contribution in [0, 0.1) is 16.0 Å². The van der Waals surface area contributed by atoms with Crippen molar-refractivity contribution in [3.63, 3.8) is 0 Å². The van der Waals surface area contributed by atoms with Crippen LogP contribution in [0.3, 0.4) is 0 Å². The van der Waals surface area contributed by atoms with Gasteiger partial charge in [0.15, 0.2) is 0 Å². The predicted molar refractivity (Wildman–Crippen MR) is 94.3 cm³/mol. The van der Waals surface area contributed by atoms with E-state index in [0.29, 0.717) is 6.54 Å². The summed E-state index contributed by atoms with van der Waals surface area (Å²) >= 11 is 0. The standard InChI is InChI=1S/C18H26N2O5/c1-4-5-6-7-11-19(13-14(2)18(22)25-3)17(21)15-9-8-10-16(12-15)20(23)24/h8-10,12,14H,4-7,11,13H2,1-3H3. The van der Waals surface area contributed by atoms with Crippen molar-refractivity contribution >= 4 is 17.6 Å². The molecular weight excluding hydrogens is 324 g/mol. The Bertz CT molecular complexity index is 603. The SMILES string of the molecule is CCCCCCN(CC(C)C(=O)OC)C(=O)c1cccc([N+](=O)[O-])c1. The predicted octanol–water partition coefficient (Wildman–Crippen LogP) is 3.43. The summed E-state index contributed by atoms with van der Waals surface area (Å²) in [4.78, 5) is 36.4. The van der Waals surface area contributed by atoms with Crippen molar-refractivity contribution in [3.05, 3.63) is 39.9 Å². The maximum absolute atomic E-state index is 12.8. The van der Waals surface area contributed by atoms with E-state index in [-0.39, 0.29) is 29.7 Å². The number of nitro groups is 1. The van der Waals surface area contributed by atoms with Gasteiger partial charge in [-0.15, -0.1) is 0 Å². The first kappa shape index (κ1) is 20.6. The molecule has 7 heteroatoms.